The van der Waals surface area contributed by atoms with Crippen LogP contribution in [0.5, 0.6) is 0 Å². The number of nitrogens with zero attached hydrogens (tertiary/aromatic N) is 3. The van der Waals surface area contributed by atoms with Crippen molar-refractivity contribution in [2.24, 2.45) is 16.3 Å². The van der Waals surface area contributed by atoms with Gasteiger partial charge in [0.2, 0.25) is 0 Å². The van der Waals surface area contributed by atoms with E-state index in [9.17, 15) is 8.42 Å². The fourth-order valence-corrected chi connectivity index (χ4v) is 3.93. The third kappa shape index (κ3) is 4.97. The summed E-state index contributed by atoms with van der Waals surface area (Å²) in [5, 5.41) is 14.6. The maximum Gasteiger partial charge on any atom is 0.168 e. The van der Waals surface area contributed by atoms with Gasteiger partial charge in [0.15, 0.2) is 10.7 Å². The Morgan fingerprint density at radius 3 is 2.50 bits per heavy atom. The molecule has 0 saturated heterocycles. The average molecular weight is 399 g/mol. The lowest BCUT2D eigenvalue weighted by molar-refractivity contribution is 0.212. The number of thiol groups is 1. The standard InChI is InChI=1S/C21H26N4O2S/c26-28(27)20-10-8-18(9-11-20)21-15-25(24-23-21)19(14-22-13-17-6-7-17)12-16-4-2-1-3-5-16/h1-5,8-11,17,19,21-22,28H,6-7,12-15H2/t19-,21?/m0/s1. The molecule has 4 rings (SSSR count). The minimum Gasteiger partial charge on any atom is -0.314 e. The highest BCUT2D eigenvalue weighted by Gasteiger charge is 2.28. The van der Waals surface area contributed by atoms with Gasteiger partial charge < -0.3 is 5.32 Å². The fraction of sp³-hybridized carbons (Fsp3) is 0.429. The molecular weight excluding hydrogens is 372 g/mol. The molecule has 2 aliphatic rings. The average Bonchev–Trinajstić information content (AvgIpc) is 3.41. The van der Waals surface area contributed by atoms with E-state index in [4.69, 9.17) is 0 Å². The lowest BCUT2D eigenvalue weighted by Gasteiger charge is -2.26. The molecule has 1 fully saturated rings. The van der Waals surface area contributed by atoms with Crippen LogP contribution in [0, 0.1) is 5.92 Å². The van der Waals surface area contributed by atoms with Gasteiger partial charge in [0, 0.05) is 6.54 Å². The summed E-state index contributed by atoms with van der Waals surface area (Å²) in [6.07, 6.45) is 3.60. The summed E-state index contributed by atoms with van der Waals surface area (Å²) < 4.78 is 22.2. The second-order valence-corrected chi connectivity index (χ2v) is 8.67. The molecule has 2 atom stereocenters. The molecule has 1 aliphatic carbocycles. The molecule has 0 bridgehead atoms. The second-order valence-electron chi connectivity index (χ2n) is 7.64. The molecule has 0 amide bonds. The van der Waals surface area contributed by atoms with E-state index in [1.807, 2.05) is 18.2 Å². The van der Waals surface area contributed by atoms with E-state index in [0.29, 0.717) is 11.4 Å². The second kappa shape index (κ2) is 8.84. The van der Waals surface area contributed by atoms with E-state index in [2.05, 4.69) is 44.9 Å². The molecule has 1 N–H and O–H groups in total. The summed E-state index contributed by atoms with van der Waals surface area (Å²) in [5.41, 5.74) is 2.29. The van der Waals surface area contributed by atoms with Crippen molar-refractivity contribution in [3.8, 4) is 0 Å². The first-order chi connectivity index (χ1) is 13.7. The van der Waals surface area contributed by atoms with Crippen molar-refractivity contribution < 1.29 is 8.42 Å². The van der Waals surface area contributed by atoms with Crippen LogP contribution in [0.15, 0.2) is 69.8 Å². The topological polar surface area (TPSA) is 74.1 Å². The van der Waals surface area contributed by atoms with Crippen molar-refractivity contribution in [3.63, 3.8) is 0 Å². The quantitative estimate of drug-likeness (QED) is 0.637. The van der Waals surface area contributed by atoms with Crippen molar-refractivity contribution in [2.45, 2.75) is 36.2 Å². The molecule has 6 nitrogen and oxygen atoms in total. The van der Waals surface area contributed by atoms with Gasteiger partial charge in [-0.05, 0) is 55.0 Å². The van der Waals surface area contributed by atoms with E-state index in [-0.39, 0.29) is 12.1 Å². The summed E-state index contributed by atoms with van der Waals surface area (Å²) in [4.78, 5) is 0.330. The monoisotopic (exact) mass is 398 g/mol. The molecule has 148 valence electrons. The van der Waals surface area contributed by atoms with E-state index in [1.54, 1.807) is 12.1 Å². The highest BCUT2D eigenvalue weighted by atomic mass is 32.2. The normalized spacial score (nSPS) is 20.0. The van der Waals surface area contributed by atoms with Crippen LogP contribution in [-0.4, -0.2) is 39.1 Å². The van der Waals surface area contributed by atoms with Gasteiger partial charge in [-0.3, -0.25) is 5.01 Å². The summed E-state index contributed by atoms with van der Waals surface area (Å²) >= 11 is 0. The number of benzene rings is 2. The molecule has 0 spiro atoms. The summed E-state index contributed by atoms with van der Waals surface area (Å²) in [6.45, 7) is 2.67. The predicted molar refractivity (Wildman–Crippen MR) is 109 cm³/mol. The van der Waals surface area contributed by atoms with Crippen molar-refractivity contribution in [1.29, 1.82) is 0 Å². The van der Waals surface area contributed by atoms with Crippen LogP contribution < -0.4 is 5.32 Å². The Morgan fingerprint density at radius 1 is 1.07 bits per heavy atom. The molecule has 0 radical (unpaired) electrons. The highest BCUT2D eigenvalue weighted by molar-refractivity contribution is 7.72. The van der Waals surface area contributed by atoms with E-state index in [1.165, 1.54) is 18.4 Å². The number of nitrogens with one attached hydrogen (secondary N) is 1. The predicted octanol–water partition coefficient (Wildman–Crippen LogP) is 2.99. The van der Waals surface area contributed by atoms with Gasteiger partial charge in [0.1, 0.15) is 6.04 Å². The van der Waals surface area contributed by atoms with Gasteiger partial charge >= 0.3 is 0 Å². The van der Waals surface area contributed by atoms with Gasteiger partial charge in [-0.1, -0.05) is 47.7 Å². The van der Waals surface area contributed by atoms with Gasteiger partial charge in [-0.15, -0.1) is 0 Å². The molecule has 7 heteroatoms. The zero-order chi connectivity index (χ0) is 19.3. The van der Waals surface area contributed by atoms with Crippen LogP contribution >= 0.6 is 0 Å². The zero-order valence-corrected chi connectivity index (χ0v) is 16.7. The number of hydrogen-bond donors (Lipinski definition) is 2. The van der Waals surface area contributed by atoms with Gasteiger partial charge in [-0.25, -0.2) is 8.42 Å². The van der Waals surface area contributed by atoms with Crippen LogP contribution in [0.1, 0.15) is 30.0 Å². The van der Waals surface area contributed by atoms with E-state index in [0.717, 1.165) is 31.0 Å². The third-order valence-electron chi connectivity index (χ3n) is 5.40. The summed E-state index contributed by atoms with van der Waals surface area (Å²) in [7, 11) is -2.55. The molecule has 1 unspecified atom stereocenters. The molecule has 0 aromatic heterocycles. The Labute approximate surface area is 167 Å². The lowest BCUT2D eigenvalue weighted by Crippen LogP contribution is -2.41. The van der Waals surface area contributed by atoms with Crippen LogP contribution in [0.2, 0.25) is 0 Å². The van der Waals surface area contributed by atoms with Gasteiger partial charge in [-0.2, -0.15) is 5.11 Å². The van der Waals surface area contributed by atoms with Crippen molar-refractivity contribution >= 4 is 10.7 Å². The first-order valence-electron chi connectivity index (χ1n) is 9.85. The van der Waals surface area contributed by atoms with E-state index < -0.39 is 10.7 Å². The molecule has 1 saturated carbocycles. The molecule has 1 heterocycles. The van der Waals surface area contributed by atoms with Crippen LogP contribution in [-0.2, 0) is 17.1 Å². The molecule has 2 aromatic rings. The van der Waals surface area contributed by atoms with E-state index >= 15 is 0 Å². The fourth-order valence-electron chi connectivity index (χ4n) is 3.54. The Kier molecular flexibility index (Phi) is 6.02. The Hall–Kier alpha value is -2.25. The molecule has 2 aromatic carbocycles. The van der Waals surface area contributed by atoms with Crippen LogP contribution in [0.4, 0.5) is 0 Å². The van der Waals surface area contributed by atoms with Crippen LogP contribution in [0.25, 0.3) is 0 Å². The first kappa shape index (κ1) is 19.1. The number of hydrogen-bond acceptors (Lipinski definition) is 6. The smallest absolute Gasteiger partial charge is 0.168 e. The Morgan fingerprint density at radius 2 is 1.82 bits per heavy atom. The molecule has 1 aliphatic heterocycles. The molecule has 28 heavy (non-hydrogen) atoms. The van der Waals surface area contributed by atoms with Gasteiger partial charge in [0.25, 0.3) is 0 Å². The Balaban J connectivity index is 1.41. The van der Waals surface area contributed by atoms with Crippen molar-refractivity contribution in [2.75, 3.05) is 19.6 Å². The largest absolute Gasteiger partial charge is 0.314 e. The zero-order valence-electron chi connectivity index (χ0n) is 15.8. The minimum atomic E-state index is -2.55. The van der Waals surface area contributed by atoms with Crippen LogP contribution in [0.3, 0.4) is 0 Å². The lowest BCUT2D eigenvalue weighted by atomic mass is 10.0. The maximum absolute atomic E-state index is 11.1. The maximum atomic E-state index is 11.1. The number of rotatable bonds is 9. The SMILES string of the molecule is O=[SH](=O)c1ccc(C2CN([C@H](CNCC3CC3)Cc3ccccc3)N=N2)cc1. The van der Waals surface area contributed by atoms with Crippen molar-refractivity contribution in [3.05, 3.63) is 65.7 Å². The third-order valence-corrected chi connectivity index (χ3v) is 6.12. The highest BCUT2D eigenvalue weighted by Crippen LogP contribution is 2.29. The molecular formula is C21H26N4O2S. The summed E-state index contributed by atoms with van der Waals surface area (Å²) in [6, 6.07) is 17.6. The van der Waals surface area contributed by atoms with Crippen molar-refractivity contribution in [1.82, 2.24) is 10.3 Å². The summed E-state index contributed by atoms with van der Waals surface area (Å²) in [5.74, 6) is 0.844. The Bertz CT molecular complexity index is 871. The first-order valence-corrected chi connectivity index (χ1v) is 11.0. The minimum absolute atomic E-state index is 0.0553. The van der Waals surface area contributed by atoms with Gasteiger partial charge in [0.05, 0.1) is 17.5 Å².